The molecule has 0 atom stereocenters. The lowest BCUT2D eigenvalue weighted by Gasteiger charge is -2.02. The summed E-state index contributed by atoms with van der Waals surface area (Å²) in [6.07, 6.45) is 3.34. The molecule has 0 saturated carbocycles. The van der Waals surface area contributed by atoms with E-state index in [4.69, 9.17) is 11.6 Å². The first-order chi connectivity index (χ1) is 7.25. The average molecular weight is 349 g/mol. The summed E-state index contributed by atoms with van der Waals surface area (Å²) in [5.41, 5.74) is 0. The molecule has 2 aromatic rings. The molecule has 0 fully saturated rings. The molecule has 0 aliphatic heterocycles. The summed E-state index contributed by atoms with van der Waals surface area (Å²) in [5.74, 6) is 0. The quantitative estimate of drug-likeness (QED) is 0.608. The van der Waals surface area contributed by atoms with E-state index in [-0.39, 0.29) is 0 Å². The smallest absolute Gasteiger partial charge is 0.118 e. The van der Waals surface area contributed by atoms with E-state index in [1.54, 1.807) is 24.3 Å². The maximum absolute atomic E-state index is 5.90. The summed E-state index contributed by atoms with van der Waals surface area (Å²) in [6.45, 7) is 0. The standard InChI is InChI=1S/C10H6ClIN2S/c11-7-2-1-3-8(4-7)15-10-9(12)5-13-6-14-10/h1-6H. The highest BCUT2D eigenvalue weighted by Gasteiger charge is 2.03. The van der Waals surface area contributed by atoms with Crippen molar-refractivity contribution in [3.63, 3.8) is 0 Å². The van der Waals surface area contributed by atoms with E-state index in [1.807, 2.05) is 24.3 Å². The van der Waals surface area contributed by atoms with Gasteiger partial charge in [-0.05, 0) is 40.8 Å². The zero-order chi connectivity index (χ0) is 10.7. The van der Waals surface area contributed by atoms with Crippen molar-refractivity contribution in [1.29, 1.82) is 0 Å². The van der Waals surface area contributed by atoms with E-state index in [0.29, 0.717) is 0 Å². The highest BCUT2D eigenvalue weighted by molar-refractivity contribution is 14.1. The van der Waals surface area contributed by atoms with Crippen LogP contribution in [0.25, 0.3) is 0 Å². The molecule has 0 spiro atoms. The Balaban J connectivity index is 2.26. The first kappa shape index (κ1) is 11.2. The number of benzene rings is 1. The monoisotopic (exact) mass is 348 g/mol. The zero-order valence-electron chi connectivity index (χ0n) is 7.52. The molecule has 0 unspecified atom stereocenters. The molecular formula is C10H6ClIN2S. The van der Waals surface area contributed by atoms with Crippen LogP contribution in [-0.2, 0) is 0 Å². The van der Waals surface area contributed by atoms with Crippen molar-refractivity contribution in [1.82, 2.24) is 9.97 Å². The van der Waals surface area contributed by atoms with E-state index in [1.165, 1.54) is 0 Å². The van der Waals surface area contributed by atoms with Crippen LogP contribution in [0, 0.1) is 3.57 Å². The summed E-state index contributed by atoms with van der Waals surface area (Å²) in [5, 5.41) is 1.69. The van der Waals surface area contributed by atoms with Gasteiger partial charge in [-0.1, -0.05) is 29.4 Å². The Hall–Kier alpha value is -0.330. The molecule has 0 amide bonds. The van der Waals surface area contributed by atoms with Gasteiger partial charge in [-0.3, -0.25) is 0 Å². The lowest BCUT2D eigenvalue weighted by Crippen LogP contribution is -1.86. The highest BCUT2D eigenvalue weighted by Crippen LogP contribution is 2.30. The Morgan fingerprint density at radius 2 is 2.20 bits per heavy atom. The van der Waals surface area contributed by atoms with Crippen molar-refractivity contribution in [2.75, 3.05) is 0 Å². The Bertz CT molecular complexity index is 478. The first-order valence-electron chi connectivity index (χ1n) is 4.14. The molecule has 0 N–H and O–H groups in total. The van der Waals surface area contributed by atoms with Gasteiger partial charge >= 0.3 is 0 Å². The predicted octanol–water partition coefficient (Wildman–Crippen LogP) is 3.89. The van der Waals surface area contributed by atoms with Crippen LogP contribution in [0.15, 0.2) is 46.7 Å². The van der Waals surface area contributed by atoms with E-state index >= 15 is 0 Å². The number of nitrogens with zero attached hydrogens (tertiary/aromatic N) is 2. The molecule has 5 heteroatoms. The fourth-order valence-electron chi connectivity index (χ4n) is 1.02. The summed E-state index contributed by atoms with van der Waals surface area (Å²) in [4.78, 5) is 9.23. The largest absolute Gasteiger partial charge is 0.244 e. The Kier molecular flexibility index (Phi) is 3.82. The van der Waals surface area contributed by atoms with E-state index in [2.05, 4.69) is 32.6 Å². The van der Waals surface area contributed by atoms with Crippen LogP contribution in [0.2, 0.25) is 5.02 Å². The maximum atomic E-state index is 5.90. The zero-order valence-corrected chi connectivity index (χ0v) is 11.3. The van der Waals surface area contributed by atoms with Gasteiger partial charge in [0, 0.05) is 16.1 Å². The van der Waals surface area contributed by atoms with Gasteiger partial charge in [0.05, 0.1) is 3.57 Å². The molecule has 0 radical (unpaired) electrons. The number of halogens is 2. The summed E-state index contributed by atoms with van der Waals surface area (Å²) < 4.78 is 1.04. The van der Waals surface area contributed by atoms with Gasteiger partial charge in [0.1, 0.15) is 11.4 Å². The third-order valence-corrected chi connectivity index (χ3v) is 4.04. The van der Waals surface area contributed by atoms with Gasteiger partial charge in [0.15, 0.2) is 0 Å². The van der Waals surface area contributed by atoms with Crippen molar-refractivity contribution < 1.29 is 0 Å². The molecule has 0 saturated heterocycles. The lowest BCUT2D eigenvalue weighted by molar-refractivity contribution is 1.02. The molecule has 0 bridgehead atoms. The van der Waals surface area contributed by atoms with Gasteiger partial charge in [-0.25, -0.2) is 9.97 Å². The molecule has 15 heavy (non-hydrogen) atoms. The summed E-state index contributed by atoms with van der Waals surface area (Å²) in [7, 11) is 0. The summed E-state index contributed by atoms with van der Waals surface area (Å²) in [6, 6.07) is 7.72. The molecule has 1 aromatic heterocycles. The molecule has 76 valence electrons. The van der Waals surface area contributed by atoms with Crippen LogP contribution in [-0.4, -0.2) is 9.97 Å². The second-order valence-electron chi connectivity index (χ2n) is 2.74. The second-order valence-corrected chi connectivity index (χ2v) is 5.40. The minimum absolute atomic E-state index is 0.740. The molecule has 2 nitrogen and oxygen atoms in total. The van der Waals surface area contributed by atoms with Crippen LogP contribution in [0.1, 0.15) is 0 Å². The van der Waals surface area contributed by atoms with Crippen LogP contribution >= 0.6 is 46.0 Å². The Labute approximate surface area is 111 Å². The van der Waals surface area contributed by atoms with Crippen LogP contribution in [0.5, 0.6) is 0 Å². The van der Waals surface area contributed by atoms with Crippen molar-refractivity contribution >= 4 is 46.0 Å². The van der Waals surface area contributed by atoms with E-state index in [9.17, 15) is 0 Å². The third kappa shape index (κ3) is 3.06. The molecular weight excluding hydrogens is 343 g/mol. The fourth-order valence-corrected chi connectivity index (χ4v) is 2.71. The van der Waals surface area contributed by atoms with Gasteiger partial charge in [-0.2, -0.15) is 0 Å². The first-order valence-corrected chi connectivity index (χ1v) is 6.42. The van der Waals surface area contributed by atoms with Crippen molar-refractivity contribution in [2.45, 2.75) is 9.92 Å². The number of aromatic nitrogens is 2. The fraction of sp³-hybridized carbons (Fsp3) is 0. The predicted molar refractivity (Wildman–Crippen MR) is 70.3 cm³/mol. The molecule has 0 aliphatic rings. The number of hydrogen-bond donors (Lipinski definition) is 0. The van der Waals surface area contributed by atoms with E-state index < -0.39 is 0 Å². The molecule has 1 heterocycles. The SMILES string of the molecule is Clc1cccc(Sc2ncncc2I)c1. The average Bonchev–Trinajstić information content (AvgIpc) is 2.22. The summed E-state index contributed by atoms with van der Waals surface area (Å²) >= 11 is 9.71. The van der Waals surface area contributed by atoms with Gasteiger partial charge in [0.25, 0.3) is 0 Å². The number of rotatable bonds is 2. The van der Waals surface area contributed by atoms with Crippen LogP contribution < -0.4 is 0 Å². The van der Waals surface area contributed by atoms with Crippen molar-refractivity contribution in [3.8, 4) is 0 Å². The normalized spacial score (nSPS) is 10.3. The third-order valence-electron chi connectivity index (χ3n) is 1.64. The van der Waals surface area contributed by atoms with Crippen LogP contribution in [0.4, 0.5) is 0 Å². The Morgan fingerprint density at radius 3 is 2.93 bits per heavy atom. The number of hydrogen-bond acceptors (Lipinski definition) is 3. The molecule has 2 rings (SSSR count). The van der Waals surface area contributed by atoms with Gasteiger partial charge in [-0.15, -0.1) is 0 Å². The Morgan fingerprint density at radius 1 is 1.33 bits per heavy atom. The van der Waals surface area contributed by atoms with E-state index in [0.717, 1.165) is 18.5 Å². The minimum Gasteiger partial charge on any atom is -0.244 e. The van der Waals surface area contributed by atoms with Gasteiger partial charge in [0.2, 0.25) is 0 Å². The topological polar surface area (TPSA) is 25.8 Å². The second kappa shape index (κ2) is 5.14. The van der Waals surface area contributed by atoms with Gasteiger partial charge < -0.3 is 0 Å². The lowest BCUT2D eigenvalue weighted by atomic mass is 10.4. The molecule has 1 aromatic carbocycles. The van der Waals surface area contributed by atoms with Crippen LogP contribution in [0.3, 0.4) is 0 Å². The molecule has 0 aliphatic carbocycles. The maximum Gasteiger partial charge on any atom is 0.118 e. The van der Waals surface area contributed by atoms with Crippen molar-refractivity contribution in [3.05, 3.63) is 45.4 Å². The van der Waals surface area contributed by atoms with Crippen molar-refractivity contribution in [2.24, 2.45) is 0 Å². The minimum atomic E-state index is 0.740. The highest BCUT2D eigenvalue weighted by atomic mass is 127.